The van der Waals surface area contributed by atoms with Gasteiger partial charge in [0.15, 0.2) is 0 Å². The van der Waals surface area contributed by atoms with E-state index in [9.17, 15) is 9.00 Å². The first kappa shape index (κ1) is 21.1. The lowest BCUT2D eigenvalue weighted by molar-refractivity contribution is -0.133. The van der Waals surface area contributed by atoms with Gasteiger partial charge in [0, 0.05) is 25.0 Å². The minimum Gasteiger partial charge on any atom is -0.337 e. The zero-order chi connectivity index (χ0) is 21.1. The summed E-state index contributed by atoms with van der Waals surface area (Å²) >= 11 is 0. The standard InChI is InChI=1S/C24H31N3O2S/c1-18-3-5-19(6-4-18)17-27-16-13-23(24(27)28)26-14-11-21(12-15-26)20-7-9-22(10-8-20)25-30(2)29/h3-10,21,23,25H,11-17H2,1-2H3. The van der Waals surface area contributed by atoms with Gasteiger partial charge in [-0.3, -0.25) is 9.69 Å². The molecule has 160 valence electrons. The quantitative estimate of drug-likeness (QED) is 0.768. The maximum Gasteiger partial charge on any atom is 0.240 e. The third-order valence-electron chi connectivity index (χ3n) is 6.38. The Labute approximate surface area is 182 Å². The second-order valence-corrected chi connectivity index (χ2v) is 9.65. The molecule has 2 saturated heterocycles. The Balaban J connectivity index is 1.30. The Morgan fingerprint density at radius 3 is 2.27 bits per heavy atom. The van der Waals surface area contributed by atoms with E-state index in [0.29, 0.717) is 5.92 Å². The molecule has 1 N–H and O–H groups in total. The van der Waals surface area contributed by atoms with Crippen LogP contribution in [-0.4, -0.2) is 51.8 Å². The molecule has 0 bridgehead atoms. The van der Waals surface area contributed by atoms with E-state index in [-0.39, 0.29) is 11.9 Å². The normalized spacial score (nSPS) is 21.7. The fourth-order valence-electron chi connectivity index (χ4n) is 4.67. The van der Waals surface area contributed by atoms with Gasteiger partial charge in [-0.25, -0.2) is 4.21 Å². The Morgan fingerprint density at radius 1 is 0.967 bits per heavy atom. The van der Waals surface area contributed by atoms with Crippen LogP contribution >= 0.6 is 0 Å². The number of hydrogen-bond donors (Lipinski definition) is 1. The van der Waals surface area contributed by atoms with E-state index in [4.69, 9.17) is 0 Å². The largest absolute Gasteiger partial charge is 0.337 e. The fraction of sp³-hybridized carbons (Fsp3) is 0.458. The molecule has 0 spiro atoms. The molecule has 2 unspecified atom stereocenters. The molecule has 1 amide bonds. The van der Waals surface area contributed by atoms with Crippen molar-refractivity contribution in [3.63, 3.8) is 0 Å². The summed E-state index contributed by atoms with van der Waals surface area (Å²) in [6, 6.07) is 16.8. The fourth-order valence-corrected chi connectivity index (χ4v) is 5.13. The first-order valence-electron chi connectivity index (χ1n) is 10.8. The maximum atomic E-state index is 13.0. The molecule has 30 heavy (non-hydrogen) atoms. The van der Waals surface area contributed by atoms with Crippen molar-refractivity contribution in [2.24, 2.45) is 0 Å². The number of aryl methyl sites for hydroxylation is 1. The monoisotopic (exact) mass is 425 g/mol. The van der Waals surface area contributed by atoms with Gasteiger partial charge in [0.1, 0.15) is 11.0 Å². The van der Waals surface area contributed by atoms with Crippen LogP contribution < -0.4 is 4.72 Å². The number of carbonyl (C=O) groups is 1. The second kappa shape index (κ2) is 9.31. The van der Waals surface area contributed by atoms with Crippen LogP contribution in [0.4, 0.5) is 5.69 Å². The molecule has 2 aromatic rings. The third kappa shape index (κ3) is 4.93. The zero-order valence-electron chi connectivity index (χ0n) is 17.8. The van der Waals surface area contributed by atoms with Gasteiger partial charge in [-0.2, -0.15) is 0 Å². The summed E-state index contributed by atoms with van der Waals surface area (Å²) in [5.41, 5.74) is 4.68. The van der Waals surface area contributed by atoms with Crippen LogP contribution in [0.2, 0.25) is 0 Å². The minimum atomic E-state index is -1.05. The molecule has 5 nitrogen and oxygen atoms in total. The first-order valence-corrected chi connectivity index (χ1v) is 12.3. The molecule has 0 saturated carbocycles. The van der Waals surface area contributed by atoms with Crippen molar-refractivity contribution in [2.45, 2.75) is 44.7 Å². The molecule has 2 aliphatic rings. The molecule has 0 aromatic heterocycles. The van der Waals surface area contributed by atoms with Crippen molar-refractivity contribution in [1.82, 2.24) is 9.80 Å². The number of nitrogens with zero attached hydrogens (tertiary/aromatic N) is 2. The van der Waals surface area contributed by atoms with Gasteiger partial charge in [0.05, 0.1) is 6.04 Å². The number of carbonyl (C=O) groups excluding carboxylic acids is 1. The van der Waals surface area contributed by atoms with Crippen molar-refractivity contribution in [1.29, 1.82) is 0 Å². The van der Waals surface area contributed by atoms with E-state index >= 15 is 0 Å². The van der Waals surface area contributed by atoms with Gasteiger partial charge < -0.3 is 9.62 Å². The maximum absolute atomic E-state index is 13.0. The van der Waals surface area contributed by atoms with Crippen LogP contribution in [0.3, 0.4) is 0 Å². The van der Waals surface area contributed by atoms with Crippen LogP contribution in [0, 0.1) is 6.92 Å². The Kier molecular flexibility index (Phi) is 6.54. The predicted octanol–water partition coefficient (Wildman–Crippen LogP) is 3.68. The predicted molar refractivity (Wildman–Crippen MR) is 123 cm³/mol. The van der Waals surface area contributed by atoms with Gasteiger partial charge >= 0.3 is 0 Å². The van der Waals surface area contributed by atoms with Crippen molar-refractivity contribution >= 4 is 22.6 Å². The van der Waals surface area contributed by atoms with E-state index in [0.717, 1.165) is 51.1 Å². The van der Waals surface area contributed by atoms with E-state index in [1.165, 1.54) is 16.7 Å². The topological polar surface area (TPSA) is 52.6 Å². The smallest absolute Gasteiger partial charge is 0.240 e. The molecular formula is C24H31N3O2S. The SMILES string of the molecule is Cc1ccc(CN2CCC(N3CCC(c4ccc(NS(C)=O)cc4)CC3)C2=O)cc1. The summed E-state index contributed by atoms with van der Waals surface area (Å²) in [5.74, 6) is 0.819. The van der Waals surface area contributed by atoms with Crippen LogP contribution in [0.1, 0.15) is 41.9 Å². The number of hydrogen-bond acceptors (Lipinski definition) is 3. The highest BCUT2D eigenvalue weighted by Crippen LogP contribution is 2.31. The molecule has 2 heterocycles. The summed E-state index contributed by atoms with van der Waals surface area (Å²) in [5, 5.41) is 0. The van der Waals surface area contributed by atoms with E-state index in [1.807, 2.05) is 17.0 Å². The molecule has 2 fully saturated rings. The molecule has 2 atom stereocenters. The number of rotatable bonds is 6. The molecule has 2 aromatic carbocycles. The third-order valence-corrected chi connectivity index (χ3v) is 6.90. The Hall–Kier alpha value is -2.18. The number of piperidine rings is 1. The lowest BCUT2D eigenvalue weighted by Crippen LogP contribution is -2.45. The van der Waals surface area contributed by atoms with Crippen molar-refractivity contribution in [3.8, 4) is 0 Å². The molecule has 6 heteroatoms. The summed E-state index contributed by atoms with van der Waals surface area (Å²) < 4.78 is 14.2. The second-order valence-electron chi connectivity index (χ2n) is 8.54. The Morgan fingerprint density at radius 2 is 1.63 bits per heavy atom. The molecular weight excluding hydrogens is 394 g/mol. The van der Waals surface area contributed by atoms with Gasteiger partial charge in [-0.15, -0.1) is 0 Å². The van der Waals surface area contributed by atoms with Gasteiger partial charge in [-0.1, -0.05) is 42.0 Å². The number of amides is 1. The highest BCUT2D eigenvalue weighted by atomic mass is 32.2. The van der Waals surface area contributed by atoms with Crippen LogP contribution in [0.15, 0.2) is 48.5 Å². The van der Waals surface area contributed by atoms with E-state index in [1.54, 1.807) is 6.26 Å². The zero-order valence-corrected chi connectivity index (χ0v) is 18.7. The van der Waals surface area contributed by atoms with Crippen LogP contribution in [0.5, 0.6) is 0 Å². The lowest BCUT2D eigenvalue weighted by Gasteiger charge is -2.35. The minimum absolute atomic E-state index is 0.0440. The van der Waals surface area contributed by atoms with Gasteiger partial charge in [-0.05, 0) is 68.5 Å². The summed E-state index contributed by atoms with van der Waals surface area (Å²) in [4.78, 5) is 17.4. The van der Waals surface area contributed by atoms with Crippen molar-refractivity contribution < 1.29 is 9.00 Å². The van der Waals surface area contributed by atoms with Crippen molar-refractivity contribution in [3.05, 3.63) is 65.2 Å². The van der Waals surface area contributed by atoms with Gasteiger partial charge in [0.2, 0.25) is 5.91 Å². The van der Waals surface area contributed by atoms with Crippen LogP contribution in [0.25, 0.3) is 0 Å². The number of anilines is 1. The summed E-state index contributed by atoms with van der Waals surface area (Å²) in [7, 11) is -1.05. The summed E-state index contributed by atoms with van der Waals surface area (Å²) in [6.45, 7) is 5.60. The molecule has 2 aliphatic heterocycles. The van der Waals surface area contributed by atoms with Crippen molar-refractivity contribution in [2.75, 3.05) is 30.6 Å². The molecule has 4 rings (SSSR count). The number of benzene rings is 2. The first-order chi connectivity index (χ1) is 14.5. The summed E-state index contributed by atoms with van der Waals surface area (Å²) in [6.07, 6.45) is 4.72. The average molecular weight is 426 g/mol. The Bertz CT molecular complexity index is 890. The van der Waals surface area contributed by atoms with E-state index < -0.39 is 11.0 Å². The lowest BCUT2D eigenvalue weighted by atomic mass is 9.88. The average Bonchev–Trinajstić information content (AvgIpc) is 3.10. The molecule has 0 radical (unpaired) electrons. The highest BCUT2D eigenvalue weighted by molar-refractivity contribution is 7.85. The number of likely N-dealkylation sites (tertiary alicyclic amines) is 2. The number of nitrogens with one attached hydrogen (secondary N) is 1. The van der Waals surface area contributed by atoms with Crippen LogP contribution in [-0.2, 0) is 22.3 Å². The van der Waals surface area contributed by atoms with Gasteiger partial charge in [0.25, 0.3) is 0 Å². The molecule has 0 aliphatic carbocycles. The highest BCUT2D eigenvalue weighted by Gasteiger charge is 2.37. The van der Waals surface area contributed by atoms with E-state index in [2.05, 4.69) is 52.9 Å².